The summed E-state index contributed by atoms with van der Waals surface area (Å²) in [6, 6.07) is 0.619. The lowest BCUT2D eigenvalue weighted by molar-refractivity contribution is 0.0487. The van der Waals surface area contributed by atoms with Gasteiger partial charge in [0.15, 0.2) is 0 Å². The summed E-state index contributed by atoms with van der Waals surface area (Å²) in [5.74, 6) is 0. The molecule has 0 saturated heterocycles. The van der Waals surface area contributed by atoms with Crippen LogP contribution in [-0.2, 0) is 4.74 Å². The molecular weight excluding hydrogens is 244 g/mol. The molecule has 0 heterocycles. The Morgan fingerprint density at radius 2 is 2.00 bits per heavy atom. The molecule has 3 atom stereocenters. The van der Waals surface area contributed by atoms with Gasteiger partial charge in [-0.2, -0.15) is 0 Å². The Bertz CT molecular complexity index is 289. The number of carbonyl (C=O) groups excluding carboxylic acids is 1. The maximum atomic E-state index is 11.7. The number of hydrogen-bond acceptors (Lipinski definition) is 4. The van der Waals surface area contributed by atoms with Crippen molar-refractivity contribution < 1.29 is 14.6 Å². The van der Waals surface area contributed by atoms with E-state index in [1.54, 1.807) is 0 Å². The van der Waals surface area contributed by atoms with Crippen molar-refractivity contribution in [3.8, 4) is 0 Å². The minimum Gasteiger partial charge on any atom is -0.444 e. The number of nitrogens with one attached hydrogen (secondary N) is 2. The van der Waals surface area contributed by atoms with Crippen LogP contribution >= 0.6 is 0 Å². The van der Waals surface area contributed by atoms with Crippen LogP contribution in [-0.4, -0.2) is 41.5 Å². The third-order valence-electron chi connectivity index (χ3n) is 3.19. The molecule has 5 nitrogen and oxygen atoms in total. The monoisotopic (exact) mass is 272 g/mol. The molecule has 5 heteroatoms. The van der Waals surface area contributed by atoms with Crippen LogP contribution in [0.25, 0.3) is 0 Å². The molecule has 0 spiro atoms. The van der Waals surface area contributed by atoms with Gasteiger partial charge in [0.1, 0.15) is 5.60 Å². The summed E-state index contributed by atoms with van der Waals surface area (Å²) in [5, 5.41) is 15.4. The van der Waals surface area contributed by atoms with Gasteiger partial charge in [0, 0.05) is 18.1 Å². The lowest BCUT2D eigenvalue weighted by atomic mass is 9.90. The quantitative estimate of drug-likeness (QED) is 0.730. The summed E-state index contributed by atoms with van der Waals surface area (Å²) >= 11 is 0. The predicted octanol–water partition coefficient (Wildman–Crippen LogP) is 1.79. The van der Waals surface area contributed by atoms with Crippen LogP contribution in [0.15, 0.2) is 0 Å². The first-order valence-electron chi connectivity index (χ1n) is 7.16. The van der Waals surface area contributed by atoms with Crippen LogP contribution < -0.4 is 10.6 Å². The van der Waals surface area contributed by atoms with E-state index >= 15 is 0 Å². The summed E-state index contributed by atoms with van der Waals surface area (Å²) in [5.41, 5.74) is -0.457. The van der Waals surface area contributed by atoms with Gasteiger partial charge in [-0.25, -0.2) is 4.79 Å². The van der Waals surface area contributed by atoms with E-state index in [2.05, 4.69) is 10.6 Å². The Morgan fingerprint density at radius 3 is 2.58 bits per heavy atom. The molecule has 0 bridgehead atoms. The number of aliphatic hydroxyl groups excluding tert-OH is 1. The smallest absolute Gasteiger partial charge is 0.407 e. The Balaban J connectivity index is 2.36. The summed E-state index contributed by atoms with van der Waals surface area (Å²) in [7, 11) is 0. The minimum atomic E-state index is -0.457. The van der Waals surface area contributed by atoms with Crippen LogP contribution in [0.5, 0.6) is 0 Å². The summed E-state index contributed by atoms with van der Waals surface area (Å²) < 4.78 is 5.27. The number of hydrogen-bond donors (Lipinski definition) is 3. The zero-order chi connectivity index (χ0) is 14.5. The van der Waals surface area contributed by atoms with Crippen LogP contribution in [0.2, 0.25) is 0 Å². The molecule has 19 heavy (non-hydrogen) atoms. The van der Waals surface area contributed by atoms with E-state index in [0.717, 1.165) is 25.7 Å². The molecule has 0 aromatic heterocycles. The second-order valence-electron chi connectivity index (χ2n) is 6.46. The predicted molar refractivity (Wildman–Crippen MR) is 75.1 cm³/mol. The Hall–Kier alpha value is -0.810. The molecule has 0 radical (unpaired) electrons. The molecule has 1 rings (SSSR count). The van der Waals surface area contributed by atoms with Crippen LogP contribution in [0.3, 0.4) is 0 Å². The van der Waals surface area contributed by atoms with Gasteiger partial charge in [0.05, 0.1) is 6.61 Å². The van der Waals surface area contributed by atoms with Gasteiger partial charge in [-0.05, 0) is 53.4 Å². The fourth-order valence-electron chi connectivity index (χ4n) is 2.40. The van der Waals surface area contributed by atoms with Crippen LogP contribution in [0.1, 0.15) is 53.4 Å². The average molecular weight is 272 g/mol. The summed E-state index contributed by atoms with van der Waals surface area (Å²) in [6.07, 6.45) is 3.72. The van der Waals surface area contributed by atoms with E-state index < -0.39 is 5.60 Å². The van der Waals surface area contributed by atoms with Gasteiger partial charge in [0.2, 0.25) is 0 Å². The van der Waals surface area contributed by atoms with E-state index in [-0.39, 0.29) is 24.8 Å². The molecular formula is C14H28N2O3. The third-order valence-corrected chi connectivity index (χ3v) is 3.19. The zero-order valence-corrected chi connectivity index (χ0v) is 12.5. The van der Waals surface area contributed by atoms with Crippen molar-refractivity contribution >= 4 is 6.09 Å². The number of rotatable bonds is 4. The number of ether oxygens (including phenoxy) is 1. The van der Waals surface area contributed by atoms with Gasteiger partial charge < -0.3 is 20.5 Å². The molecule has 1 amide bonds. The standard InChI is InChI=1S/C14H28N2O3/c1-10(9-17)15-11-6-5-7-12(8-11)16-13(18)19-14(2,3)4/h10-12,15,17H,5-9H2,1-4H3,(H,16,18). The highest BCUT2D eigenvalue weighted by Crippen LogP contribution is 2.19. The molecule has 1 aliphatic carbocycles. The second kappa shape index (κ2) is 7.10. The largest absolute Gasteiger partial charge is 0.444 e. The fraction of sp³-hybridized carbons (Fsp3) is 0.929. The first-order valence-corrected chi connectivity index (χ1v) is 7.16. The first kappa shape index (κ1) is 16.2. The molecule has 0 aliphatic heterocycles. The maximum Gasteiger partial charge on any atom is 0.407 e. The number of amides is 1. The minimum absolute atomic E-state index is 0.102. The first-order chi connectivity index (χ1) is 8.80. The molecule has 3 N–H and O–H groups in total. The molecule has 0 aromatic carbocycles. The van der Waals surface area contributed by atoms with E-state index in [1.165, 1.54) is 0 Å². The number of alkyl carbamates (subject to hydrolysis) is 1. The van der Waals surface area contributed by atoms with Gasteiger partial charge in [-0.3, -0.25) is 0 Å². The highest BCUT2D eigenvalue weighted by Gasteiger charge is 2.25. The van der Waals surface area contributed by atoms with E-state index in [0.29, 0.717) is 6.04 Å². The molecule has 0 aromatic rings. The Kier molecular flexibility index (Phi) is 6.07. The number of aliphatic hydroxyl groups is 1. The maximum absolute atomic E-state index is 11.7. The normalized spacial score (nSPS) is 25.7. The Morgan fingerprint density at radius 1 is 1.37 bits per heavy atom. The Labute approximate surface area is 116 Å². The van der Waals surface area contributed by atoms with Crippen molar-refractivity contribution in [3.05, 3.63) is 0 Å². The summed E-state index contributed by atoms with van der Waals surface area (Å²) in [4.78, 5) is 11.7. The third kappa shape index (κ3) is 6.78. The van der Waals surface area contributed by atoms with Crippen molar-refractivity contribution in [2.45, 2.75) is 77.1 Å². The van der Waals surface area contributed by atoms with E-state index in [9.17, 15) is 4.79 Å². The highest BCUT2D eigenvalue weighted by molar-refractivity contribution is 5.68. The molecule has 3 unspecified atom stereocenters. The fourth-order valence-corrected chi connectivity index (χ4v) is 2.40. The van der Waals surface area contributed by atoms with Crippen LogP contribution in [0, 0.1) is 0 Å². The molecule has 1 aliphatic rings. The number of carbonyl (C=O) groups is 1. The topological polar surface area (TPSA) is 70.6 Å². The highest BCUT2D eigenvalue weighted by atomic mass is 16.6. The molecule has 1 fully saturated rings. The lowest BCUT2D eigenvalue weighted by Gasteiger charge is -2.32. The zero-order valence-electron chi connectivity index (χ0n) is 12.5. The average Bonchev–Trinajstić information content (AvgIpc) is 2.26. The van der Waals surface area contributed by atoms with Crippen molar-refractivity contribution in [2.24, 2.45) is 0 Å². The van der Waals surface area contributed by atoms with E-state index in [1.807, 2.05) is 27.7 Å². The van der Waals surface area contributed by atoms with Gasteiger partial charge in [-0.15, -0.1) is 0 Å². The van der Waals surface area contributed by atoms with Gasteiger partial charge in [-0.1, -0.05) is 0 Å². The van der Waals surface area contributed by atoms with Gasteiger partial charge in [0.25, 0.3) is 0 Å². The summed E-state index contributed by atoms with van der Waals surface area (Å²) in [6.45, 7) is 7.69. The van der Waals surface area contributed by atoms with Crippen molar-refractivity contribution in [1.82, 2.24) is 10.6 Å². The van der Waals surface area contributed by atoms with Crippen molar-refractivity contribution in [3.63, 3.8) is 0 Å². The van der Waals surface area contributed by atoms with Crippen LogP contribution in [0.4, 0.5) is 4.79 Å². The molecule has 112 valence electrons. The van der Waals surface area contributed by atoms with E-state index in [4.69, 9.17) is 9.84 Å². The lowest BCUT2D eigenvalue weighted by Crippen LogP contribution is -2.48. The SMILES string of the molecule is CC(CO)NC1CCCC(NC(=O)OC(C)(C)C)C1. The second-order valence-corrected chi connectivity index (χ2v) is 6.46. The van der Waals surface area contributed by atoms with Gasteiger partial charge >= 0.3 is 6.09 Å². The molecule has 1 saturated carbocycles. The van der Waals surface area contributed by atoms with Crippen molar-refractivity contribution in [2.75, 3.05) is 6.61 Å². The van der Waals surface area contributed by atoms with Crippen molar-refractivity contribution in [1.29, 1.82) is 0 Å².